The Morgan fingerprint density at radius 1 is 0.488 bits per heavy atom. The summed E-state index contributed by atoms with van der Waals surface area (Å²) in [5.74, 6) is 0. The van der Waals surface area contributed by atoms with E-state index in [1.165, 1.54) is 141 Å². The second kappa shape index (κ2) is 33.1. The highest BCUT2D eigenvalue weighted by Gasteiger charge is 2.32. The highest BCUT2D eigenvalue weighted by atomic mass is 32.3. The normalized spacial score (nSPS) is 12.1. The largest absolute Gasteiger partial charge is 0.724 e. The SMILES string of the molecule is CCCCCCCCCCCCCCCCC(CCO)(CCCCCCCCCCCCCCCC)OOS(=O)(=O)[O-].[NH4+]. The fraction of sp³-hybridized carbons (Fsp3) is 1.00. The first-order chi connectivity index (χ1) is 20.4. The van der Waals surface area contributed by atoms with Gasteiger partial charge < -0.3 is 15.8 Å². The summed E-state index contributed by atoms with van der Waals surface area (Å²) < 4.78 is 37.7. The van der Waals surface area contributed by atoms with Crippen molar-refractivity contribution in [3.8, 4) is 0 Å². The Labute approximate surface area is 268 Å². The van der Waals surface area contributed by atoms with Gasteiger partial charge in [0.2, 0.25) is 10.4 Å². The van der Waals surface area contributed by atoms with Crippen molar-refractivity contribution in [2.75, 3.05) is 6.61 Å². The summed E-state index contributed by atoms with van der Waals surface area (Å²) in [7, 11) is -4.95. The number of rotatable bonds is 35. The first-order valence-corrected chi connectivity index (χ1v) is 19.7. The lowest BCUT2D eigenvalue weighted by molar-refractivity contribution is -0.302. The quantitative estimate of drug-likeness (QED) is 0.0233. The standard InChI is InChI=1S/C35H72O6S.H3N/c1-3-5-7-9-11-13-15-17-19-21-23-25-27-29-31-35(33-34-36,40-41-42(37,38)39)32-30-28-26-24-22-20-18-16-14-12-10-8-6-4-2;/h36H,3-34H2,1-2H3,(H,37,38,39);1H3. The molecule has 0 aliphatic carbocycles. The zero-order valence-electron chi connectivity index (χ0n) is 29.0. The molecule has 0 aliphatic heterocycles. The van der Waals surface area contributed by atoms with Gasteiger partial charge in [0.1, 0.15) is 5.60 Å². The summed E-state index contributed by atoms with van der Waals surface area (Å²) in [6.07, 6.45) is 37.0. The Morgan fingerprint density at radius 3 is 0.977 bits per heavy atom. The summed E-state index contributed by atoms with van der Waals surface area (Å²) in [6, 6.07) is 0. The molecule has 0 radical (unpaired) electrons. The molecule has 0 aromatic rings. The van der Waals surface area contributed by atoms with Crippen molar-refractivity contribution in [1.29, 1.82) is 0 Å². The van der Waals surface area contributed by atoms with Crippen molar-refractivity contribution < 1.29 is 27.3 Å². The van der Waals surface area contributed by atoms with E-state index in [-0.39, 0.29) is 19.2 Å². The van der Waals surface area contributed by atoms with Crippen LogP contribution in [-0.4, -0.2) is 30.3 Å². The second-order valence-corrected chi connectivity index (χ2v) is 13.9. The Bertz CT molecular complexity index is 614. The maximum atomic E-state index is 11.1. The first kappa shape index (κ1) is 44.9. The Balaban J connectivity index is 0. The fourth-order valence-corrected chi connectivity index (χ4v) is 6.33. The molecule has 0 spiro atoms. The fourth-order valence-electron chi connectivity index (χ4n) is 6.10. The van der Waals surface area contributed by atoms with Crippen molar-refractivity contribution >= 4 is 10.4 Å². The third kappa shape index (κ3) is 32.9. The molecule has 7 nitrogen and oxygen atoms in total. The molecule has 0 heterocycles. The number of quaternary nitrogens is 1. The molecule has 43 heavy (non-hydrogen) atoms. The zero-order valence-corrected chi connectivity index (χ0v) is 29.8. The van der Waals surface area contributed by atoms with Gasteiger partial charge in [0.25, 0.3) is 0 Å². The minimum Gasteiger partial charge on any atom is -0.724 e. The second-order valence-electron chi connectivity index (χ2n) is 12.9. The van der Waals surface area contributed by atoms with Crippen LogP contribution in [0, 0.1) is 0 Å². The Hall–Kier alpha value is -0.250. The van der Waals surface area contributed by atoms with Crippen LogP contribution < -0.4 is 6.15 Å². The van der Waals surface area contributed by atoms with Gasteiger partial charge in [-0.15, -0.1) is 4.33 Å². The van der Waals surface area contributed by atoms with Crippen molar-refractivity contribution in [2.24, 2.45) is 0 Å². The molecule has 0 unspecified atom stereocenters. The topological polar surface area (TPSA) is 132 Å². The van der Waals surface area contributed by atoms with Crippen LogP contribution in [-0.2, 0) is 19.6 Å². The van der Waals surface area contributed by atoms with Crippen LogP contribution in [0.4, 0.5) is 0 Å². The first-order valence-electron chi connectivity index (χ1n) is 18.3. The maximum Gasteiger partial charge on any atom is 0.245 e. The predicted octanol–water partition coefficient (Wildman–Crippen LogP) is 11.6. The van der Waals surface area contributed by atoms with Crippen LogP contribution in [0.15, 0.2) is 0 Å². The molecule has 0 saturated heterocycles. The average molecular weight is 638 g/mol. The van der Waals surface area contributed by atoms with Gasteiger partial charge in [-0.3, -0.25) is 0 Å². The van der Waals surface area contributed by atoms with Gasteiger partial charge in [-0.25, -0.2) is 13.3 Å². The summed E-state index contributed by atoms with van der Waals surface area (Å²) >= 11 is 0. The highest BCUT2D eigenvalue weighted by Crippen LogP contribution is 2.31. The molecule has 0 aliphatic rings. The third-order valence-corrected chi connectivity index (χ3v) is 9.07. The number of aliphatic hydroxyl groups excluding tert-OH is 1. The van der Waals surface area contributed by atoms with Crippen LogP contribution in [0.1, 0.15) is 213 Å². The van der Waals surface area contributed by atoms with E-state index in [1.807, 2.05) is 0 Å². The van der Waals surface area contributed by atoms with Crippen LogP contribution in [0.2, 0.25) is 0 Å². The molecule has 0 saturated carbocycles. The molecular formula is C35H75NO6S. The molecule has 262 valence electrons. The molecule has 0 rings (SSSR count). The van der Waals surface area contributed by atoms with Gasteiger partial charge in [-0.1, -0.05) is 194 Å². The third-order valence-electron chi connectivity index (χ3n) is 8.83. The van der Waals surface area contributed by atoms with Crippen LogP contribution in [0.25, 0.3) is 0 Å². The minimum atomic E-state index is -4.95. The van der Waals surface area contributed by atoms with E-state index in [4.69, 9.17) is 4.89 Å². The maximum absolute atomic E-state index is 11.1. The van der Waals surface area contributed by atoms with E-state index in [0.717, 1.165) is 38.5 Å². The van der Waals surface area contributed by atoms with Gasteiger partial charge in [0, 0.05) is 13.0 Å². The lowest BCUT2D eigenvalue weighted by atomic mass is 9.87. The lowest BCUT2D eigenvalue weighted by Gasteiger charge is -2.32. The Kier molecular flexibility index (Phi) is 34.6. The monoisotopic (exact) mass is 638 g/mol. The lowest BCUT2D eigenvalue weighted by Crippen LogP contribution is -2.35. The summed E-state index contributed by atoms with van der Waals surface area (Å²) in [4.78, 5) is 5.30. The van der Waals surface area contributed by atoms with Gasteiger partial charge in [-0.2, -0.15) is 0 Å². The zero-order chi connectivity index (χ0) is 31.0. The van der Waals surface area contributed by atoms with E-state index < -0.39 is 16.0 Å². The molecule has 0 atom stereocenters. The predicted molar refractivity (Wildman–Crippen MR) is 182 cm³/mol. The van der Waals surface area contributed by atoms with Crippen molar-refractivity contribution in [3.05, 3.63) is 0 Å². The summed E-state index contributed by atoms with van der Waals surface area (Å²) in [5.41, 5.74) is -0.916. The number of hydrogen-bond acceptors (Lipinski definition) is 6. The number of hydrogen-bond donors (Lipinski definition) is 2. The van der Waals surface area contributed by atoms with Crippen molar-refractivity contribution in [1.82, 2.24) is 6.15 Å². The van der Waals surface area contributed by atoms with Crippen molar-refractivity contribution in [3.63, 3.8) is 0 Å². The highest BCUT2D eigenvalue weighted by molar-refractivity contribution is 7.80. The number of unbranched alkanes of at least 4 members (excludes halogenated alkanes) is 26. The minimum absolute atomic E-state index is 0. The summed E-state index contributed by atoms with van der Waals surface area (Å²) in [5, 5.41) is 9.70. The van der Waals surface area contributed by atoms with E-state index in [9.17, 15) is 18.1 Å². The smallest absolute Gasteiger partial charge is 0.245 e. The van der Waals surface area contributed by atoms with Gasteiger partial charge in [0.05, 0.1) is 0 Å². The van der Waals surface area contributed by atoms with Gasteiger partial charge >= 0.3 is 0 Å². The van der Waals surface area contributed by atoms with E-state index in [2.05, 4.69) is 18.2 Å². The molecule has 0 bridgehead atoms. The molecule has 5 N–H and O–H groups in total. The van der Waals surface area contributed by atoms with E-state index >= 15 is 0 Å². The van der Waals surface area contributed by atoms with Gasteiger partial charge in [0.15, 0.2) is 0 Å². The number of aliphatic hydroxyl groups is 1. The molecule has 0 aromatic heterocycles. The van der Waals surface area contributed by atoms with Crippen molar-refractivity contribution in [2.45, 2.75) is 218 Å². The molecule has 0 aromatic carbocycles. The average Bonchev–Trinajstić information content (AvgIpc) is 2.96. The Morgan fingerprint density at radius 2 is 0.744 bits per heavy atom. The van der Waals surface area contributed by atoms with E-state index in [1.54, 1.807) is 0 Å². The molecule has 0 fully saturated rings. The summed E-state index contributed by atoms with van der Waals surface area (Å²) in [6.45, 7) is 4.40. The van der Waals surface area contributed by atoms with Crippen LogP contribution in [0.3, 0.4) is 0 Å². The van der Waals surface area contributed by atoms with Crippen LogP contribution in [0.5, 0.6) is 0 Å². The molecular weight excluding hydrogens is 562 g/mol. The molecule has 8 heteroatoms. The van der Waals surface area contributed by atoms with Crippen LogP contribution >= 0.6 is 0 Å². The van der Waals surface area contributed by atoms with E-state index in [0.29, 0.717) is 12.8 Å². The molecule has 0 amide bonds. The van der Waals surface area contributed by atoms with Gasteiger partial charge in [-0.05, 0) is 12.8 Å².